The summed E-state index contributed by atoms with van der Waals surface area (Å²) in [7, 11) is -3.47. The third kappa shape index (κ3) is 4.23. The summed E-state index contributed by atoms with van der Waals surface area (Å²) < 4.78 is 24.7. The van der Waals surface area contributed by atoms with Crippen molar-refractivity contribution < 1.29 is 18.4 Å². The Hall–Kier alpha value is -2.06. The zero-order chi connectivity index (χ0) is 16.1. The van der Waals surface area contributed by atoms with E-state index < -0.39 is 7.60 Å². The summed E-state index contributed by atoms with van der Waals surface area (Å²) in [5.74, 6) is 0.876. The van der Waals surface area contributed by atoms with Gasteiger partial charge < -0.3 is 9.05 Å². The van der Waals surface area contributed by atoms with Crippen LogP contribution in [0.15, 0.2) is 60.7 Å². The van der Waals surface area contributed by atoms with Gasteiger partial charge in [0.15, 0.2) is 0 Å². The van der Waals surface area contributed by atoms with Gasteiger partial charge in [0.05, 0.1) is 6.16 Å². The van der Waals surface area contributed by atoms with Gasteiger partial charge in [-0.15, -0.1) is 0 Å². The molecule has 0 radical (unpaired) electrons. The molecule has 1 aliphatic carbocycles. The number of carbonyl (C=O) groups excluding carboxylic acids is 1. The smallest absolute Gasteiger partial charge is 0.416 e. The second-order valence-corrected chi connectivity index (χ2v) is 7.61. The minimum atomic E-state index is -3.47. The maximum Gasteiger partial charge on any atom is 0.431 e. The molecule has 0 aliphatic heterocycles. The van der Waals surface area contributed by atoms with Crippen LogP contribution in [0, 0.1) is 5.92 Å². The minimum Gasteiger partial charge on any atom is -0.416 e. The number of ketones is 1. The van der Waals surface area contributed by atoms with Gasteiger partial charge in [0.1, 0.15) is 17.3 Å². The fourth-order valence-corrected chi connectivity index (χ4v) is 4.73. The lowest BCUT2D eigenvalue weighted by Gasteiger charge is -2.22. The summed E-state index contributed by atoms with van der Waals surface area (Å²) >= 11 is 0. The van der Waals surface area contributed by atoms with E-state index in [0.29, 0.717) is 17.9 Å². The lowest BCUT2D eigenvalue weighted by Crippen LogP contribution is -2.16. The maximum atomic E-state index is 13.3. The van der Waals surface area contributed by atoms with Crippen molar-refractivity contribution in [2.45, 2.75) is 19.3 Å². The third-order valence-corrected chi connectivity index (χ3v) is 5.72. The lowest BCUT2D eigenvalue weighted by molar-refractivity contribution is -0.120. The molecule has 0 amide bonds. The van der Waals surface area contributed by atoms with Crippen LogP contribution < -0.4 is 9.05 Å². The van der Waals surface area contributed by atoms with E-state index in [0.717, 1.165) is 12.8 Å². The SMILES string of the molecule is O=C1CCC[C@@H]1CP(=O)(Oc1ccccc1)Oc1ccccc1. The molecule has 2 aromatic carbocycles. The molecule has 1 atom stereocenters. The molecule has 1 aliphatic rings. The fraction of sp³-hybridized carbons (Fsp3) is 0.278. The second-order valence-electron chi connectivity index (χ2n) is 5.66. The highest BCUT2D eigenvalue weighted by atomic mass is 31.2. The molecule has 0 unspecified atom stereocenters. The van der Waals surface area contributed by atoms with Crippen molar-refractivity contribution in [2.75, 3.05) is 6.16 Å². The Morgan fingerprint density at radius 1 is 0.913 bits per heavy atom. The number of hydrogen-bond acceptors (Lipinski definition) is 4. The van der Waals surface area contributed by atoms with Crippen molar-refractivity contribution in [1.82, 2.24) is 0 Å². The van der Waals surface area contributed by atoms with Crippen molar-refractivity contribution >= 4 is 13.4 Å². The van der Waals surface area contributed by atoms with Crippen LogP contribution in [0.25, 0.3) is 0 Å². The molecule has 0 saturated heterocycles. The van der Waals surface area contributed by atoms with Crippen LogP contribution in [0.2, 0.25) is 0 Å². The first-order valence-electron chi connectivity index (χ1n) is 7.76. The van der Waals surface area contributed by atoms with Crippen molar-refractivity contribution in [2.24, 2.45) is 5.92 Å². The first-order valence-corrected chi connectivity index (χ1v) is 9.48. The molecule has 5 heteroatoms. The molecule has 23 heavy (non-hydrogen) atoms. The number of rotatable bonds is 6. The largest absolute Gasteiger partial charge is 0.431 e. The van der Waals surface area contributed by atoms with Gasteiger partial charge in [-0.25, -0.2) is 4.57 Å². The van der Waals surface area contributed by atoms with Crippen LogP contribution in [0.1, 0.15) is 19.3 Å². The summed E-state index contributed by atoms with van der Waals surface area (Å²) in [4.78, 5) is 11.9. The highest BCUT2D eigenvalue weighted by Crippen LogP contribution is 2.51. The lowest BCUT2D eigenvalue weighted by atomic mass is 10.1. The van der Waals surface area contributed by atoms with E-state index in [1.54, 1.807) is 24.3 Å². The Labute approximate surface area is 136 Å². The fourth-order valence-electron chi connectivity index (χ4n) is 2.73. The van der Waals surface area contributed by atoms with Crippen molar-refractivity contribution in [3.63, 3.8) is 0 Å². The first kappa shape index (κ1) is 15.8. The minimum absolute atomic E-state index is 0.121. The van der Waals surface area contributed by atoms with Gasteiger partial charge in [-0.1, -0.05) is 36.4 Å². The van der Waals surface area contributed by atoms with Crippen LogP contribution in [0.3, 0.4) is 0 Å². The molecular weight excluding hydrogens is 311 g/mol. The molecular formula is C18H19O4P. The van der Waals surface area contributed by atoms with Gasteiger partial charge in [-0.05, 0) is 37.1 Å². The van der Waals surface area contributed by atoms with Gasteiger partial charge in [-0.2, -0.15) is 0 Å². The van der Waals surface area contributed by atoms with Crippen molar-refractivity contribution in [1.29, 1.82) is 0 Å². The average molecular weight is 330 g/mol. The number of carbonyl (C=O) groups is 1. The van der Waals surface area contributed by atoms with E-state index in [9.17, 15) is 9.36 Å². The number of benzene rings is 2. The first-order chi connectivity index (χ1) is 11.1. The molecule has 1 fully saturated rings. The highest BCUT2D eigenvalue weighted by molar-refractivity contribution is 7.54. The number of Topliss-reactive ketones (excluding diaryl/α,β-unsaturated/α-hetero) is 1. The Kier molecular flexibility index (Phi) is 4.82. The molecule has 0 bridgehead atoms. The third-order valence-electron chi connectivity index (χ3n) is 3.85. The number of para-hydroxylation sites is 2. The summed E-state index contributed by atoms with van der Waals surface area (Å²) in [5, 5.41) is 0. The van der Waals surface area contributed by atoms with E-state index in [2.05, 4.69) is 0 Å². The van der Waals surface area contributed by atoms with Crippen molar-refractivity contribution in [3.05, 3.63) is 60.7 Å². The Morgan fingerprint density at radius 2 is 1.43 bits per heavy atom. The van der Waals surface area contributed by atoms with Crippen LogP contribution in [0.5, 0.6) is 11.5 Å². The number of hydrogen-bond donors (Lipinski definition) is 0. The quantitative estimate of drug-likeness (QED) is 0.720. The van der Waals surface area contributed by atoms with Gasteiger partial charge >= 0.3 is 7.60 Å². The summed E-state index contributed by atoms with van der Waals surface area (Å²) in [6.45, 7) is 0. The molecule has 120 valence electrons. The average Bonchev–Trinajstić information content (AvgIpc) is 2.93. The summed E-state index contributed by atoms with van der Waals surface area (Å²) in [6.07, 6.45) is 2.27. The van der Waals surface area contributed by atoms with Gasteiger partial charge in [0, 0.05) is 12.3 Å². The van der Waals surface area contributed by atoms with Crippen molar-refractivity contribution in [3.8, 4) is 11.5 Å². The Bertz CT molecular complexity index is 654. The van der Waals surface area contributed by atoms with Crippen LogP contribution >= 0.6 is 7.60 Å². The zero-order valence-corrected chi connectivity index (χ0v) is 13.7. The Morgan fingerprint density at radius 3 is 1.87 bits per heavy atom. The van der Waals surface area contributed by atoms with Gasteiger partial charge in [0.25, 0.3) is 0 Å². The maximum absolute atomic E-state index is 13.3. The summed E-state index contributed by atoms with van der Waals surface area (Å²) in [5.41, 5.74) is 0. The molecule has 1 saturated carbocycles. The molecule has 0 heterocycles. The normalized spacial score (nSPS) is 17.9. The van der Waals surface area contributed by atoms with E-state index in [1.807, 2.05) is 36.4 Å². The second kappa shape index (κ2) is 7.01. The molecule has 0 N–H and O–H groups in total. The van der Waals surface area contributed by atoms with Gasteiger partial charge in [-0.3, -0.25) is 4.79 Å². The van der Waals surface area contributed by atoms with Gasteiger partial charge in [0.2, 0.25) is 0 Å². The van der Waals surface area contributed by atoms with E-state index in [-0.39, 0.29) is 17.9 Å². The molecule has 3 rings (SSSR count). The highest BCUT2D eigenvalue weighted by Gasteiger charge is 2.37. The molecule has 4 nitrogen and oxygen atoms in total. The zero-order valence-electron chi connectivity index (χ0n) is 12.8. The standard InChI is InChI=1S/C18H19O4P/c19-18-13-7-8-15(18)14-23(20,21-16-9-3-1-4-10-16)22-17-11-5-2-6-12-17/h1-6,9-12,15H,7-8,13-14H2/t15-/m1/s1. The molecule has 2 aromatic rings. The van der Waals surface area contributed by atoms with Crippen LogP contribution in [0.4, 0.5) is 0 Å². The predicted molar refractivity (Wildman–Crippen MR) is 89.0 cm³/mol. The topological polar surface area (TPSA) is 52.6 Å². The molecule has 0 spiro atoms. The monoisotopic (exact) mass is 330 g/mol. The Balaban J connectivity index is 1.82. The van der Waals surface area contributed by atoms with Crippen LogP contribution in [-0.2, 0) is 9.36 Å². The summed E-state index contributed by atoms with van der Waals surface area (Å²) in [6, 6.07) is 17.9. The van der Waals surface area contributed by atoms with E-state index in [4.69, 9.17) is 9.05 Å². The molecule has 0 aromatic heterocycles. The van der Waals surface area contributed by atoms with Crippen LogP contribution in [-0.4, -0.2) is 11.9 Å². The van der Waals surface area contributed by atoms with E-state index in [1.165, 1.54) is 0 Å². The predicted octanol–water partition coefficient (Wildman–Crippen LogP) is 4.71. The van der Waals surface area contributed by atoms with E-state index >= 15 is 0 Å².